The lowest BCUT2D eigenvalue weighted by molar-refractivity contribution is -0.132. The SMILES string of the molecule is CC(C)C1CCC(C(=O)N[C@@H](Cc2ccccc2)C(=O)NCc2nnc3ccccn23)CC1. The van der Waals surface area contributed by atoms with E-state index in [4.69, 9.17) is 0 Å². The molecule has 1 aliphatic rings. The predicted octanol–water partition coefficient (Wildman–Crippen LogP) is 3.54. The van der Waals surface area contributed by atoms with E-state index in [0.29, 0.717) is 24.1 Å². The maximum Gasteiger partial charge on any atom is 0.243 e. The number of hydrogen-bond acceptors (Lipinski definition) is 4. The molecule has 0 aliphatic heterocycles. The van der Waals surface area contributed by atoms with Crippen molar-refractivity contribution >= 4 is 17.5 Å². The molecule has 3 aromatic rings. The van der Waals surface area contributed by atoms with Crippen LogP contribution in [0.25, 0.3) is 5.65 Å². The van der Waals surface area contributed by atoms with Gasteiger partial charge in [-0.05, 0) is 55.2 Å². The molecule has 2 heterocycles. The van der Waals surface area contributed by atoms with Gasteiger partial charge in [0.15, 0.2) is 11.5 Å². The van der Waals surface area contributed by atoms with Crippen molar-refractivity contribution in [3.05, 3.63) is 66.1 Å². The molecule has 0 spiro atoms. The maximum atomic E-state index is 13.2. The van der Waals surface area contributed by atoms with Gasteiger partial charge in [-0.15, -0.1) is 10.2 Å². The first kappa shape index (κ1) is 23.0. The molecule has 2 amide bonds. The third-order valence-corrected chi connectivity index (χ3v) is 6.81. The quantitative estimate of drug-likeness (QED) is 0.553. The molecule has 4 rings (SSSR count). The first-order valence-corrected chi connectivity index (χ1v) is 11.9. The van der Waals surface area contributed by atoms with Crippen molar-refractivity contribution < 1.29 is 9.59 Å². The summed E-state index contributed by atoms with van der Waals surface area (Å²) in [6, 6.07) is 14.8. The number of rotatable bonds is 8. The third-order valence-electron chi connectivity index (χ3n) is 6.81. The fourth-order valence-electron chi connectivity index (χ4n) is 4.70. The molecule has 1 aliphatic carbocycles. The van der Waals surface area contributed by atoms with E-state index < -0.39 is 6.04 Å². The summed E-state index contributed by atoms with van der Waals surface area (Å²) in [4.78, 5) is 26.2. The molecule has 2 N–H and O–H groups in total. The van der Waals surface area contributed by atoms with Crippen molar-refractivity contribution in [1.82, 2.24) is 25.2 Å². The van der Waals surface area contributed by atoms with Crippen LogP contribution in [0.1, 0.15) is 50.9 Å². The molecular weight excluding hydrogens is 414 g/mol. The highest BCUT2D eigenvalue weighted by Crippen LogP contribution is 2.33. The maximum absolute atomic E-state index is 13.2. The lowest BCUT2D eigenvalue weighted by Crippen LogP contribution is -2.50. The molecule has 1 atom stereocenters. The summed E-state index contributed by atoms with van der Waals surface area (Å²) in [7, 11) is 0. The monoisotopic (exact) mass is 447 g/mol. The van der Waals surface area contributed by atoms with Gasteiger partial charge in [-0.3, -0.25) is 14.0 Å². The highest BCUT2D eigenvalue weighted by Gasteiger charge is 2.30. The first-order chi connectivity index (χ1) is 16.0. The van der Waals surface area contributed by atoms with Gasteiger partial charge < -0.3 is 10.6 Å². The van der Waals surface area contributed by atoms with Gasteiger partial charge in [-0.2, -0.15) is 0 Å². The van der Waals surface area contributed by atoms with E-state index >= 15 is 0 Å². The van der Waals surface area contributed by atoms with Gasteiger partial charge in [-0.1, -0.05) is 50.2 Å². The Hall–Kier alpha value is -3.22. The van der Waals surface area contributed by atoms with Crippen LogP contribution in [-0.4, -0.2) is 32.5 Å². The van der Waals surface area contributed by atoms with Crippen LogP contribution in [0.4, 0.5) is 0 Å². The van der Waals surface area contributed by atoms with Crippen LogP contribution >= 0.6 is 0 Å². The lowest BCUT2D eigenvalue weighted by atomic mass is 9.76. The summed E-state index contributed by atoms with van der Waals surface area (Å²) in [6.45, 7) is 4.75. The smallest absolute Gasteiger partial charge is 0.243 e. The number of nitrogens with zero attached hydrogens (tertiary/aromatic N) is 3. The van der Waals surface area contributed by atoms with E-state index in [1.165, 1.54) is 0 Å². The summed E-state index contributed by atoms with van der Waals surface area (Å²) >= 11 is 0. The Morgan fingerprint density at radius 3 is 2.45 bits per heavy atom. The number of pyridine rings is 1. The van der Waals surface area contributed by atoms with E-state index in [2.05, 4.69) is 34.7 Å². The number of nitrogens with one attached hydrogen (secondary N) is 2. The molecule has 0 unspecified atom stereocenters. The summed E-state index contributed by atoms with van der Waals surface area (Å²) in [6.07, 6.45) is 6.24. The number of carbonyl (C=O) groups excluding carboxylic acids is 2. The normalized spacial score (nSPS) is 19.4. The molecule has 174 valence electrons. The number of benzene rings is 1. The lowest BCUT2D eigenvalue weighted by Gasteiger charge is -2.31. The van der Waals surface area contributed by atoms with Crippen LogP contribution in [0.15, 0.2) is 54.7 Å². The number of fused-ring (bicyclic) bond motifs is 1. The fraction of sp³-hybridized carbons (Fsp3) is 0.462. The number of hydrogen-bond donors (Lipinski definition) is 2. The highest BCUT2D eigenvalue weighted by atomic mass is 16.2. The van der Waals surface area contributed by atoms with Crippen LogP contribution in [0.2, 0.25) is 0 Å². The minimum absolute atomic E-state index is 0.0128. The molecular formula is C26H33N5O2. The molecule has 1 aromatic carbocycles. The van der Waals surface area contributed by atoms with E-state index in [1.54, 1.807) is 0 Å². The van der Waals surface area contributed by atoms with E-state index in [0.717, 1.165) is 36.9 Å². The highest BCUT2D eigenvalue weighted by molar-refractivity contribution is 5.88. The molecule has 0 radical (unpaired) electrons. The number of carbonyl (C=O) groups is 2. The standard InChI is InChI=1S/C26H33N5O2/c1-18(2)20-11-13-21(14-12-20)25(32)28-22(16-19-8-4-3-5-9-19)26(33)27-17-24-30-29-23-10-6-7-15-31(23)24/h3-10,15,18,20-22H,11-14,16-17H2,1-2H3,(H,27,33)(H,28,32)/t20?,21?,22-/m0/s1. The van der Waals surface area contributed by atoms with Crippen LogP contribution in [0, 0.1) is 17.8 Å². The van der Waals surface area contributed by atoms with Crippen molar-refractivity contribution in [2.24, 2.45) is 17.8 Å². The van der Waals surface area contributed by atoms with E-state index in [-0.39, 0.29) is 24.3 Å². The second-order valence-electron chi connectivity index (χ2n) is 9.37. The van der Waals surface area contributed by atoms with Crippen LogP contribution in [0.3, 0.4) is 0 Å². The topological polar surface area (TPSA) is 88.4 Å². The van der Waals surface area contributed by atoms with Crippen molar-refractivity contribution in [1.29, 1.82) is 0 Å². The van der Waals surface area contributed by atoms with Crippen LogP contribution in [-0.2, 0) is 22.6 Å². The number of amides is 2. The number of aromatic nitrogens is 3. The van der Waals surface area contributed by atoms with Gasteiger partial charge >= 0.3 is 0 Å². The van der Waals surface area contributed by atoms with E-state index in [1.807, 2.05) is 59.1 Å². The van der Waals surface area contributed by atoms with Crippen molar-refractivity contribution in [2.75, 3.05) is 0 Å². The van der Waals surface area contributed by atoms with Gasteiger partial charge in [-0.25, -0.2) is 0 Å². The average Bonchev–Trinajstić information content (AvgIpc) is 3.26. The predicted molar refractivity (Wildman–Crippen MR) is 127 cm³/mol. The summed E-state index contributed by atoms with van der Waals surface area (Å²) in [5.74, 6) is 1.74. The molecule has 0 bridgehead atoms. The minimum atomic E-state index is -0.637. The molecule has 7 nitrogen and oxygen atoms in total. The Morgan fingerprint density at radius 1 is 1.00 bits per heavy atom. The van der Waals surface area contributed by atoms with Crippen molar-refractivity contribution in [2.45, 2.75) is 58.5 Å². The van der Waals surface area contributed by atoms with Crippen LogP contribution < -0.4 is 10.6 Å². The average molecular weight is 448 g/mol. The first-order valence-electron chi connectivity index (χ1n) is 11.9. The Morgan fingerprint density at radius 2 is 1.73 bits per heavy atom. The zero-order valence-corrected chi connectivity index (χ0v) is 19.4. The molecule has 1 fully saturated rings. The van der Waals surface area contributed by atoms with Gasteiger partial charge in [0.2, 0.25) is 11.8 Å². The van der Waals surface area contributed by atoms with Gasteiger partial charge in [0.05, 0.1) is 6.54 Å². The summed E-state index contributed by atoms with van der Waals surface area (Å²) in [5, 5.41) is 14.3. The fourth-order valence-corrected chi connectivity index (χ4v) is 4.70. The molecule has 1 saturated carbocycles. The minimum Gasteiger partial charge on any atom is -0.347 e. The Kier molecular flexibility index (Phi) is 7.37. The van der Waals surface area contributed by atoms with Crippen LogP contribution in [0.5, 0.6) is 0 Å². The largest absolute Gasteiger partial charge is 0.347 e. The van der Waals surface area contributed by atoms with Crippen molar-refractivity contribution in [3.63, 3.8) is 0 Å². The van der Waals surface area contributed by atoms with Gasteiger partial charge in [0.25, 0.3) is 0 Å². The zero-order valence-electron chi connectivity index (χ0n) is 19.4. The molecule has 2 aromatic heterocycles. The molecule has 7 heteroatoms. The summed E-state index contributed by atoms with van der Waals surface area (Å²) < 4.78 is 1.85. The van der Waals surface area contributed by atoms with Crippen molar-refractivity contribution in [3.8, 4) is 0 Å². The second-order valence-corrected chi connectivity index (χ2v) is 9.37. The molecule has 0 saturated heterocycles. The molecule has 33 heavy (non-hydrogen) atoms. The Bertz CT molecular complexity index is 1070. The van der Waals surface area contributed by atoms with Gasteiger partial charge in [0, 0.05) is 18.5 Å². The van der Waals surface area contributed by atoms with Gasteiger partial charge in [0.1, 0.15) is 6.04 Å². The zero-order chi connectivity index (χ0) is 23.2. The van der Waals surface area contributed by atoms with E-state index in [9.17, 15) is 9.59 Å². The third kappa shape index (κ3) is 5.78. The second kappa shape index (κ2) is 10.6. The summed E-state index contributed by atoms with van der Waals surface area (Å²) in [5.41, 5.74) is 1.74. The Balaban J connectivity index is 1.41. The Labute approximate surface area is 195 Å².